The Kier molecular flexibility index (Phi) is 10.9. The molecule has 1 heterocycles. The summed E-state index contributed by atoms with van der Waals surface area (Å²) in [6.07, 6.45) is 1.27. The van der Waals surface area contributed by atoms with Crippen LogP contribution in [0.3, 0.4) is 0 Å². The van der Waals surface area contributed by atoms with Crippen molar-refractivity contribution in [3.05, 3.63) is 136 Å². The fourth-order valence-corrected chi connectivity index (χ4v) is 5.87. The minimum absolute atomic E-state index is 0.0810. The summed E-state index contributed by atoms with van der Waals surface area (Å²) in [6.45, 7) is 5.61. The second kappa shape index (κ2) is 15.0. The lowest BCUT2D eigenvalue weighted by atomic mass is 9.87. The van der Waals surface area contributed by atoms with Crippen molar-refractivity contribution in [2.45, 2.75) is 70.4 Å². The Labute approximate surface area is 260 Å². The van der Waals surface area contributed by atoms with Crippen molar-refractivity contribution in [1.29, 1.82) is 0 Å². The van der Waals surface area contributed by atoms with Crippen molar-refractivity contribution in [2.24, 2.45) is 0 Å². The fraction of sp³-hybridized carbons (Fsp3) is 0.351. The summed E-state index contributed by atoms with van der Waals surface area (Å²) >= 11 is 6.77. The first-order valence-corrected chi connectivity index (χ1v) is 15.5. The maximum absolute atomic E-state index is 6.84. The Balaban J connectivity index is 1.49. The summed E-state index contributed by atoms with van der Waals surface area (Å²) in [5, 5.41) is 0.686. The molecule has 0 aromatic heterocycles. The molecule has 1 fully saturated rings. The van der Waals surface area contributed by atoms with Crippen molar-refractivity contribution in [1.82, 2.24) is 0 Å². The molecule has 5 rings (SSSR count). The number of ether oxygens (including phenoxy) is 5. The van der Waals surface area contributed by atoms with E-state index in [1.807, 2.05) is 67.6 Å². The van der Waals surface area contributed by atoms with Crippen molar-refractivity contribution in [3.63, 3.8) is 0 Å². The number of hydrogen-bond acceptors (Lipinski definition) is 5. The highest BCUT2D eigenvalue weighted by Gasteiger charge is 2.53. The molecule has 0 radical (unpaired) electrons. The Morgan fingerprint density at radius 2 is 1.44 bits per heavy atom. The van der Waals surface area contributed by atoms with Crippen LogP contribution in [0.4, 0.5) is 0 Å². The molecule has 5 nitrogen and oxygen atoms in total. The van der Waals surface area contributed by atoms with E-state index in [-0.39, 0.29) is 12.2 Å². The van der Waals surface area contributed by atoms with Gasteiger partial charge < -0.3 is 23.7 Å². The van der Waals surface area contributed by atoms with Gasteiger partial charge in [0.05, 0.1) is 32.0 Å². The topological polar surface area (TPSA) is 46.2 Å². The minimum Gasteiger partial charge on any atom is -0.494 e. The zero-order valence-corrected chi connectivity index (χ0v) is 26.0. The molecule has 0 amide bonds. The van der Waals surface area contributed by atoms with E-state index in [1.54, 1.807) is 7.11 Å². The molecule has 1 aliphatic rings. The average Bonchev–Trinajstić information content (AvgIpc) is 3.05. The lowest BCUT2D eigenvalue weighted by molar-refractivity contribution is -0.356. The summed E-state index contributed by atoms with van der Waals surface area (Å²) in [5.74, 6) is -0.349. The van der Waals surface area contributed by atoms with Gasteiger partial charge in [0.2, 0.25) is 5.79 Å². The monoisotopic (exact) mass is 600 g/mol. The summed E-state index contributed by atoms with van der Waals surface area (Å²) < 4.78 is 32.2. The number of rotatable bonds is 13. The van der Waals surface area contributed by atoms with E-state index in [1.165, 1.54) is 0 Å². The van der Waals surface area contributed by atoms with Gasteiger partial charge in [0.25, 0.3) is 0 Å². The van der Waals surface area contributed by atoms with Crippen molar-refractivity contribution in [2.75, 3.05) is 13.7 Å². The van der Waals surface area contributed by atoms with Crippen LogP contribution in [0.2, 0.25) is 5.02 Å². The molecule has 0 bridgehead atoms. The van der Waals surface area contributed by atoms with Gasteiger partial charge in [0.15, 0.2) is 0 Å². The van der Waals surface area contributed by atoms with Gasteiger partial charge in [-0.3, -0.25) is 0 Å². The predicted octanol–water partition coefficient (Wildman–Crippen LogP) is 8.50. The normalized spacial score (nSPS) is 21.9. The van der Waals surface area contributed by atoms with E-state index >= 15 is 0 Å². The fourth-order valence-electron chi connectivity index (χ4n) is 5.68. The third kappa shape index (κ3) is 7.67. The van der Waals surface area contributed by atoms with E-state index in [9.17, 15) is 0 Å². The van der Waals surface area contributed by atoms with Gasteiger partial charge in [0, 0.05) is 24.1 Å². The van der Waals surface area contributed by atoms with Crippen LogP contribution >= 0.6 is 11.6 Å². The van der Waals surface area contributed by atoms with Gasteiger partial charge in [0.1, 0.15) is 11.9 Å². The molecule has 1 saturated heterocycles. The molecule has 4 aromatic rings. The lowest BCUT2D eigenvalue weighted by Gasteiger charge is -2.49. The maximum atomic E-state index is 6.84. The van der Waals surface area contributed by atoms with Crippen LogP contribution in [0, 0.1) is 0 Å². The number of benzene rings is 4. The summed E-state index contributed by atoms with van der Waals surface area (Å²) in [7, 11) is 1.69. The molecular formula is C37H41ClO5. The van der Waals surface area contributed by atoms with Crippen molar-refractivity contribution < 1.29 is 23.7 Å². The van der Waals surface area contributed by atoms with E-state index < -0.39 is 11.9 Å². The predicted molar refractivity (Wildman–Crippen MR) is 170 cm³/mol. The minimum atomic E-state index is -1.20. The first-order valence-electron chi connectivity index (χ1n) is 15.1. The van der Waals surface area contributed by atoms with Gasteiger partial charge in [-0.05, 0) is 66.3 Å². The first-order chi connectivity index (χ1) is 21.0. The first kappa shape index (κ1) is 31.2. The Bertz CT molecular complexity index is 1410. The van der Waals surface area contributed by atoms with E-state index in [0.717, 1.165) is 40.0 Å². The molecule has 0 saturated carbocycles. The second-order valence-corrected chi connectivity index (χ2v) is 11.3. The summed E-state index contributed by atoms with van der Waals surface area (Å²) in [5.41, 5.74) is 5.14. The van der Waals surface area contributed by atoms with Gasteiger partial charge in [-0.25, -0.2) is 0 Å². The number of halogens is 1. The zero-order valence-electron chi connectivity index (χ0n) is 25.2. The van der Waals surface area contributed by atoms with Crippen LogP contribution in [-0.2, 0) is 44.4 Å². The van der Waals surface area contributed by atoms with Crippen LogP contribution in [0.5, 0.6) is 5.75 Å². The van der Waals surface area contributed by atoms with Gasteiger partial charge in [-0.15, -0.1) is 0 Å². The molecular weight excluding hydrogens is 560 g/mol. The quantitative estimate of drug-likeness (QED) is 0.154. The Morgan fingerprint density at radius 3 is 2.05 bits per heavy atom. The number of methoxy groups -OCH3 is 1. The van der Waals surface area contributed by atoms with Crippen LogP contribution in [0.1, 0.15) is 54.5 Å². The third-order valence-corrected chi connectivity index (χ3v) is 8.33. The van der Waals surface area contributed by atoms with Crippen LogP contribution < -0.4 is 4.74 Å². The lowest BCUT2D eigenvalue weighted by Crippen LogP contribution is -2.58. The smallest absolute Gasteiger partial charge is 0.224 e. The summed E-state index contributed by atoms with van der Waals surface area (Å²) in [4.78, 5) is 0. The van der Waals surface area contributed by atoms with Crippen LogP contribution in [0.15, 0.2) is 103 Å². The molecule has 0 N–H and O–H groups in total. The Morgan fingerprint density at radius 1 is 0.791 bits per heavy atom. The molecule has 226 valence electrons. The molecule has 4 atom stereocenters. The largest absolute Gasteiger partial charge is 0.494 e. The molecule has 0 spiro atoms. The van der Waals surface area contributed by atoms with E-state index in [4.69, 9.17) is 35.3 Å². The van der Waals surface area contributed by atoms with Crippen molar-refractivity contribution >= 4 is 11.6 Å². The molecule has 6 heteroatoms. The van der Waals surface area contributed by atoms with Gasteiger partial charge in [-0.1, -0.05) is 97.4 Å². The SMILES string of the molecule is CCOc1ccc(Cc2cc(C3(OC)OC(CC)CC(OCc4ccccc4)[C@H]3OCc3ccccc3)ccc2Cl)cc1. The zero-order chi connectivity index (χ0) is 30.1. The average molecular weight is 601 g/mol. The van der Waals surface area contributed by atoms with E-state index in [2.05, 4.69) is 49.4 Å². The maximum Gasteiger partial charge on any atom is 0.224 e. The highest BCUT2D eigenvalue weighted by Crippen LogP contribution is 2.44. The summed E-state index contributed by atoms with van der Waals surface area (Å²) in [6, 6.07) is 34.5. The molecule has 4 aromatic carbocycles. The van der Waals surface area contributed by atoms with Crippen molar-refractivity contribution in [3.8, 4) is 5.75 Å². The van der Waals surface area contributed by atoms with Gasteiger partial charge >= 0.3 is 0 Å². The molecule has 43 heavy (non-hydrogen) atoms. The van der Waals surface area contributed by atoms with Crippen LogP contribution in [0.25, 0.3) is 0 Å². The molecule has 0 aliphatic carbocycles. The van der Waals surface area contributed by atoms with E-state index in [0.29, 0.717) is 37.7 Å². The standard InChI is InChI=1S/C37H41ClO5/c1-4-32-24-35(41-25-28-12-8-6-9-13-28)36(42-26-29-14-10-7-11-15-29)37(39-3,43-32)31-18-21-34(38)30(23-31)22-27-16-19-33(20-17-27)40-5-2/h6-21,23,32,35-36H,4-5,22,24-26H2,1-3H3/t32?,35?,36-,37?/m1/s1. The highest BCUT2D eigenvalue weighted by atomic mass is 35.5. The molecule has 1 aliphatic heterocycles. The third-order valence-electron chi connectivity index (χ3n) is 7.96. The second-order valence-electron chi connectivity index (χ2n) is 10.9. The molecule has 3 unspecified atom stereocenters. The van der Waals surface area contributed by atoms with Crippen LogP contribution in [-0.4, -0.2) is 32.0 Å². The Hall–Kier alpha value is -3.19. The van der Waals surface area contributed by atoms with Gasteiger partial charge in [-0.2, -0.15) is 0 Å². The highest BCUT2D eigenvalue weighted by molar-refractivity contribution is 6.31. The number of hydrogen-bond donors (Lipinski definition) is 0.